The molecule has 0 unspecified atom stereocenters. The van der Waals surface area contributed by atoms with Crippen molar-refractivity contribution in [3.63, 3.8) is 0 Å². The van der Waals surface area contributed by atoms with Crippen molar-refractivity contribution in [3.05, 3.63) is 12.2 Å². The molecule has 2 aliphatic rings. The molecule has 0 bridgehead atoms. The molecular formula is C18H32FN3O2. The van der Waals surface area contributed by atoms with Crippen LogP contribution in [0.1, 0.15) is 33.1 Å². The van der Waals surface area contributed by atoms with Crippen molar-refractivity contribution in [3.8, 4) is 0 Å². The van der Waals surface area contributed by atoms with Gasteiger partial charge in [-0.3, -0.25) is 4.90 Å². The average molecular weight is 341 g/mol. The van der Waals surface area contributed by atoms with E-state index in [0.29, 0.717) is 19.1 Å². The molecule has 0 aliphatic carbocycles. The lowest BCUT2D eigenvalue weighted by Crippen LogP contribution is -2.61. The first-order valence-electron chi connectivity index (χ1n) is 9.08. The fraction of sp³-hybridized carbons (Fsp3) is 0.833. The highest BCUT2D eigenvalue weighted by Gasteiger charge is 2.44. The Morgan fingerprint density at radius 2 is 1.92 bits per heavy atom. The summed E-state index contributed by atoms with van der Waals surface area (Å²) < 4.78 is 19.6. The highest BCUT2D eigenvalue weighted by molar-refractivity contribution is 5.67. The molecule has 1 amide bonds. The van der Waals surface area contributed by atoms with E-state index < -0.39 is 5.67 Å². The van der Waals surface area contributed by atoms with Crippen molar-refractivity contribution in [1.82, 2.24) is 14.7 Å². The summed E-state index contributed by atoms with van der Waals surface area (Å²) >= 11 is 0. The number of amides is 1. The van der Waals surface area contributed by atoms with Gasteiger partial charge < -0.3 is 14.5 Å². The molecule has 0 atom stereocenters. The Balaban J connectivity index is 1.60. The van der Waals surface area contributed by atoms with Crippen LogP contribution in [0, 0.1) is 0 Å². The molecule has 138 valence electrons. The molecular weight excluding hydrogens is 309 g/mol. The van der Waals surface area contributed by atoms with Crippen molar-refractivity contribution in [1.29, 1.82) is 0 Å². The summed E-state index contributed by atoms with van der Waals surface area (Å²) in [6.45, 7) is 7.99. The molecule has 0 aromatic rings. The van der Waals surface area contributed by atoms with Crippen LogP contribution in [0.15, 0.2) is 12.2 Å². The Morgan fingerprint density at radius 3 is 2.54 bits per heavy atom. The summed E-state index contributed by atoms with van der Waals surface area (Å²) in [4.78, 5) is 17.9. The summed E-state index contributed by atoms with van der Waals surface area (Å²) in [6, 6.07) is 0.520. The number of rotatable bonds is 7. The zero-order chi connectivity index (χ0) is 17.6. The third kappa shape index (κ3) is 5.74. The van der Waals surface area contributed by atoms with E-state index in [9.17, 15) is 9.18 Å². The molecule has 0 spiro atoms. The molecule has 24 heavy (non-hydrogen) atoms. The van der Waals surface area contributed by atoms with Gasteiger partial charge in [0.15, 0.2) is 5.67 Å². The molecule has 2 fully saturated rings. The van der Waals surface area contributed by atoms with Gasteiger partial charge in [-0.2, -0.15) is 0 Å². The molecule has 5 nitrogen and oxygen atoms in total. The number of likely N-dealkylation sites (tertiary alicyclic amines) is 2. The number of hydrogen-bond acceptors (Lipinski definition) is 4. The van der Waals surface area contributed by atoms with Crippen LogP contribution in [0.25, 0.3) is 0 Å². The molecule has 0 aromatic heterocycles. The van der Waals surface area contributed by atoms with Crippen LogP contribution < -0.4 is 0 Å². The van der Waals surface area contributed by atoms with Gasteiger partial charge in [0.25, 0.3) is 0 Å². The molecule has 2 saturated heterocycles. The van der Waals surface area contributed by atoms with Crippen molar-refractivity contribution >= 4 is 6.09 Å². The summed E-state index contributed by atoms with van der Waals surface area (Å²) in [5.41, 5.74) is -1.38. The Morgan fingerprint density at radius 1 is 1.25 bits per heavy atom. The molecule has 0 saturated carbocycles. The van der Waals surface area contributed by atoms with Crippen LogP contribution in [0.3, 0.4) is 0 Å². The largest absolute Gasteiger partial charge is 0.446 e. The Hall–Kier alpha value is -1.14. The molecule has 0 N–H and O–H groups in total. The highest BCUT2D eigenvalue weighted by atomic mass is 19.1. The zero-order valence-corrected chi connectivity index (χ0v) is 15.3. The quantitative estimate of drug-likeness (QED) is 0.667. The highest BCUT2D eigenvalue weighted by Crippen LogP contribution is 2.26. The Kier molecular flexibility index (Phi) is 7.04. The number of hydrogen-bond donors (Lipinski definition) is 0. The summed E-state index contributed by atoms with van der Waals surface area (Å²) in [5, 5.41) is 0. The lowest BCUT2D eigenvalue weighted by atomic mass is 9.97. The Bertz CT molecular complexity index is 430. The van der Waals surface area contributed by atoms with Crippen molar-refractivity contribution in [2.75, 3.05) is 52.9 Å². The third-order valence-corrected chi connectivity index (χ3v) is 4.89. The predicted octanol–water partition coefficient (Wildman–Crippen LogP) is 2.53. The van der Waals surface area contributed by atoms with Gasteiger partial charge in [-0.15, -0.1) is 0 Å². The minimum absolute atomic E-state index is 0.126. The monoisotopic (exact) mass is 341 g/mol. The first-order valence-corrected chi connectivity index (χ1v) is 9.08. The molecule has 0 aromatic carbocycles. The number of nitrogens with zero attached hydrogens (tertiary/aromatic N) is 3. The van der Waals surface area contributed by atoms with Gasteiger partial charge in [0, 0.05) is 45.3 Å². The van der Waals surface area contributed by atoms with E-state index in [1.807, 2.05) is 4.90 Å². The SMILES string of the molecule is CC(C)N(C)C/C=C/CN1CC(F)(COC(=O)N2CCCCC2)C1. The summed E-state index contributed by atoms with van der Waals surface area (Å²) in [5.74, 6) is 0. The average Bonchev–Trinajstić information content (AvgIpc) is 2.55. The standard InChI is InChI=1S/C18H32FN3O2/c1-16(2)20(3)9-7-8-10-21-13-18(19,14-21)15-24-17(23)22-11-5-4-6-12-22/h7-8,16H,4-6,9-15H2,1-3H3/b8-7+. The van der Waals surface area contributed by atoms with Gasteiger partial charge in [0.05, 0.1) is 0 Å². The molecule has 2 aliphatic heterocycles. The van der Waals surface area contributed by atoms with Crippen molar-refractivity contribution < 1.29 is 13.9 Å². The number of alkyl halides is 1. The number of ether oxygens (including phenoxy) is 1. The van der Waals surface area contributed by atoms with Gasteiger partial charge >= 0.3 is 6.09 Å². The number of halogens is 1. The summed E-state index contributed by atoms with van der Waals surface area (Å²) in [6.07, 6.45) is 7.03. The lowest BCUT2D eigenvalue weighted by Gasteiger charge is -2.43. The predicted molar refractivity (Wildman–Crippen MR) is 94.0 cm³/mol. The second-order valence-electron chi connectivity index (χ2n) is 7.43. The number of carbonyl (C=O) groups is 1. The number of likely N-dealkylation sites (N-methyl/N-ethyl adjacent to an activating group) is 1. The van der Waals surface area contributed by atoms with Crippen molar-refractivity contribution in [2.45, 2.75) is 44.8 Å². The third-order valence-electron chi connectivity index (χ3n) is 4.89. The van der Waals surface area contributed by atoms with E-state index in [2.05, 4.69) is 37.9 Å². The topological polar surface area (TPSA) is 36.0 Å². The van der Waals surface area contributed by atoms with Gasteiger partial charge in [-0.25, -0.2) is 9.18 Å². The van der Waals surface area contributed by atoms with E-state index in [-0.39, 0.29) is 12.7 Å². The fourth-order valence-electron chi connectivity index (χ4n) is 3.01. The Labute approximate surface area is 145 Å². The molecule has 6 heteroatoms. The van der Waals surface area contributed by atoms with Crippen molar-refractivity contribution in [2.24, 2.45) is 0 Å². The maximum atomic E-state index is 14.5. The molecule has 2 rings (SSSR count). The first-order chi connectivity index (χ1) is 11.4. The minimum Gasteiger partial charge on any atom is -0.446 e. The van der Waals surface area contributed by atoms with E-state index in [0.717, 1.165) is 45.4 Å². The van der Waals surface area contributed by atoms with Gasteiger partial charge in [-0.1, -0.05) is 12.2 Å². The normalized spacial score (nSPS) is 21.5. The number of carbonyl (C=O) groups excluding carboxylic acids is 1. The molecule has 0 radical (unpaired) electrons. The lowest BCUT2D eigenvalue weighted by molar-refractivity contribution is -0.0691. The fourth-order valence-corrected chi connectivity index (χ4v) is 3.01. The van der Waals surface area contributed by atoms with Crippen LogP contribution in [0.5, 0.6) is 0 Å². The second kappa shape index (κ2) is 8.81. The summed E-state index contributed by atoms with van der Waals surface area (Å²) in [7, 11) is 2.09. The van der Waals surface area contributed by atoms with E-state index in [1.54, 1.807) is 4.90 Å². The minimum atomic E-state index is -1.38. The van der Waals surface area contributed by atoms with Gasteiger partial charge in [-0.05, 0) is 40.2 Å². The zero-order valence-electron chi connectivity index (χ0n) is 15.3. The van der Waals surface area contributed by atoms with E-state index >= 15 is 0 Å². The smallest absolute Gasteiger partial charge is 0.409 e. The first kappa shape index (κ1) is 19.2. The van der Waals surface area contributed by atoms with Crippen LogP contribution in [-0.4, -0.2) is 85.4 Å². The van der Waals surface area contributed by atoms with Gasteiger partial charge in [0.2, 0.25) is 0 Å². The van der Waals surface area contributed by atoms with E-state index in [4.69, 9.17) is 4.74 Å². The van der Waals surface area contributed by atoms with Crippen LogP contribution in [0.2, 0.25) is 0 Å². The molecule has 2 heterocycles. The van der Waals surface area contributed by atoms with Crippen LogP contribution in [-0.2, 0) is 4.74 Å². The number of piperidine rings is 1. The second-order valence-corrected chi connectivity index (χ2v) is 7.43. The van der Waals surface area contributed by atoms with E-state index in [1.165, 1.54) is 0 Å². The van der Waals surface area contributed by atoms with Gasteiger partial charge in [0.1, 0.15) is 6.61 Å². The van der Waals surface area contributed by atoms with Crippen LogP contribution >= 0.6 is 0 Å². The maximum absolute atomic E-state index is 14.5. The van der Waals surface area contributed by atoms with Crippen LogP contribution in [0.4, 0.5) is 9.18 Å². The maximum Gasteiger partial charge on any atom is 0.409 e.